The highest BCUT2D eigenvalue weighted by molar-refractivity contribution is 5.47. The average Bonchev–Trinajstić information content (AvgIpc) is 2.84. The van der Waals surface area contributed by atoms with Gasteiger partial charge in [-0.2, -0.15) is 5.26 Å². The van der Waals surface area contributed by atoms with Gasteiger partial charge in [0.25, 0.3) is 0 Å². The number of ether oxygens (including phenoxy) is 4. The van der Waals surface area contributed by atoms with Crippen molar-refractivity contribution in [1.29, 1.82) is 5.26 Å². The Morgan fingerprint density at radius 1 is 0.853 bits per heavy atom. The van der Waals surface area contributed by atoms with Crippen LogP contribution in [0.5, 0.6) is 23.0 Å². The maximum Gasteiger partial charge on any atom is 0.161 e. The highest BCUT2D eigenvalue weighted by Gasteiger charge is 2.36. The van der Waals surface area contributed by atoms with Crippen LogP contribution in [0.4, 0.5) is 0 Å². The molecule has 0 saturated carbocycles. The predicted molar refractivity (Wildman–Crippen MR) is 132 cm³/mol. The third-order valence-corrected chi connectivity index (χ3v) is 6.42. The van der Waals surface area contributed by atoms with Gasteiger partial charge in [-0.05, 0) is 74.2 Å². The van der Waals surface area contributed by atoms with Crippen molar-refractivity contribution in [3.8, 4) is 29.1 Å². The van der Waals surface area contributed by atoms with Gasteiger partial charge >= 0.3 is 0 Å². The van der Waals surface area contributed by atoms with Crippen LogP contribution in [0.1, 0.15) is 37.8 Å². The summed E-state index contributed by atoms with van der Waals surface area (Å²) in [5.41, 5.74) is 1.60. The fourth-order valence-corrected chi connectivity index (χ4v) is 4.23. The quantitative estimate of drug-likeness (QED) is 0.429. The summed E-state index contributed by atoms with van der Waals surface area (Å²) in [5.74, 6) is 2.99. The molecule has 1 unspecified atom stereocenters. The van der Waals surface area contributed by atoms with Gasteiger partial charge in [-0.3, -0.25) is 0 Å². The van der Waals surface area contributed by atoms with Crippen LogP contribution in [-0.4, -0.2) is 53.5 Å². The van der Waals surface area contributed by atoms with E-state index in [0.29, 0.717) is 11.5 Å². The molecule has 0 amide bonds. The lowest BCUT2D eigenvalue weighted by Crippen LogP contribution is -3.00. The van der Waals surface area contributed by atoms with Crippen molar-refractivity contribution in [3.05, 3.63) is 47.5 Å². The van der Waals surface area contributed by atoms with Gasteiger partial charge in [-0.15, -0.1) is 0 Å². The molecule has 0 aliphatic heterocycles. The SMILES string of the molecule is COc1ccc(CCN(C)CCCC(C#N)(c2ccc(OC)c(OC)c2)C(C)C)cc1OC.[Cl-]. The fraction of sp³-hybridized carbons (Fsp3) is 0.519. The van der Waals surface area contributed by atoms with Crippen molar-refractivity contribution in [2.24, 2.45) is 5.92 Å². The van der Waals surface area contributed by atoms with E-state index in [1.54, 1.807) is 28.4 Å². The van der Waals surface area contributed by atoms with Crippen LogP contribution in [-0.2, 0) is 11.8 Å². The minimum absolute atomic E-state index is 0. The molecule has 0 aliphatic carbocycles. The first-order valence-corrected chi connectivity index (χ1v) is 11.4. The smallest absolute Gasteiger partial charge is 0.161 e. The van der Waals surface area contributed by atoms with E-state index in [1.165, 1.54) is 5.56 Å². The van der Waals surface area contributed by atoms with E-state index >= 15 is 0 Å². The molecule has 188 valence electrons. The van der Waals surface area contributed by atoms with E-state index in [2.05, 4.69) is 37.9 Å². The number of benzene rings is 2. The number of nitrogens with zero attached hydrogens (tertiary/aromatic N) is 2. The zero-order chi connectivity index (χ0) is 24.4. The number of hydrogen-bond donors (Lipinski definition) is 0. The molecule has 7 heteroatoms. The molecule has 0 aromatic heterocycles. The number of halogens is 1. The molecule has 0 fully saturated rings. The first kappa shape index (κ1) is 29.4. The lowest BCUT2D eigenvalue weighted by atomic mass is 9.69. The summed E-state index contributed by atoms with van der Waals surface area (Å²) >= 11 is 0. The molecule has 1 atom stereocenters. The Hall–Kier alpha value is -2.62. The molecule has 0 aliphatic rings. The predicted octanol–water partition coefficient (Wildman–Crippen LogP) is 2.10. The normalized spacial score (nSPS) is 12.5. The molecule has 2 aromatic carbocycles. The summed E-state index contributed by atoms with van der Waals surface area (Å²) in [6, 6.07) is 14.5. The molecule has 2 rings (SSSR count). The standard InChI is InChI=1S/C27H38N2O4.ClH/c1-20(2)27(19-28,22-10-12-24(31-5)26(18-22)33-7)14-8-15-29(3)16-13-21-9-11-23(30-4)25(17-21)32-6;/h9-12,17-18,20H,8,13-16H2,1-7H3;1H/p-1. The Morgan fingerprint density at radius 3 is 1.94 bits per heavy atom. The summed E-state index contributed by atoms with van der Waals surface area (Å²) in [7, 11) is 8.67. The lowest BCUT2D eigenvalue weighted by molar-refractivity contribution is -0.00000833. The van der Waals surface area contributed by atoms with Crippen molar-refractivity contribution in [3.63, 3.8) is 0 Å². The van der Waals surface area contributed by atoms with Crippen molar-refractivity contribution in [2.75, 3.05) is 48.6 Å². The molecule has 0 N–H and O–H groups in total. The number of methoxy groups -OCH3 is 4. The molecule has 34 heavy (non-hydrogen) atoms. The highest BCUT2D eigenvalue weighted by atomic mass is 35.5. The zero-order valence-corrected chi connectivity index (χ0v) is 22.2. The molecule has 2 aromatic rings. The van der Waals surface area contributed by atoms with Gasteiger partial charge in [0.2, 0.25) is 0 Å². The van der Waals surface area contributed by atoms with Gasteiger partial charge < -0.3 is 36.3 Å². The van der Waals surface area contributed by atoms with Crippen LogP contribution in [0.2, 0.25) is 0 Å². The van der Waals surface area contributed by atoms with Gasteiger partial charge in [0, 0.05) is 6.54 Å². The Labute approximate surface area is 211 Å². The Kier molecular flexibility index (Phi) is 12.1. The molecule has 0 radical (unpaired) electrons. The van der Waals surface area contributed by atoms with E-state index in [4.69, 9.17) is 18.9 Å². The highest BCUT2D eigenvalue weighted by Crippen LogP contribution is 2.40. The largest absolute Gasteiger partial charge is 1.00 e. The van der Waals surface area contributed by atoms with E-state index in [-0.39, 0.29) is 18.3 Å². The van der Waals surface area contributed by atoms with Crippen LogP contribution < -0.4 is 31.4 Å². The average molecular weight is 490 g/mol. The summed E-state index contributed by atoms with van der Waals surface area (Å²) in [6.07, 6.45) is 2.61. The number of rotatable bonds is 13. The molecular weight excluding hydrogens is 452 g/mol. The second-order valence-electron chi connectivity index (χ2n) is 8.65. The molecule has 0 spiro atoms. The Balaban J connectivity index is 0.00000578. The summed E-state index contributed by atoms with van der Waals surface area (Å²) in [4.78, 5) is 2.31. The van der Waals surface area contributed by atoms with Crippen molar-refractivity contribution in [1.82, 2.24) is 4.90 Å². The van der Waals surface area contributed by atoms with Crippen molar-refractivity contribution in [2.45, 2.75) is 38.5 Å². The van der Waals surface area contributed by atoms with Gasteiger partial charge in [-0.1, -0.05) is 26.0 Å². The van der Waals surface area contributed by atoms with E-state index in [0.717, 1.165) is 49.4 Å². The van der Waals surface area contributed by atoms with Crippen molar-refractivity contribution >= 4 is 0 Å². The van der Waals surface area contributed by atoms with E-state index < -0.39 is 5.41 Å². The van der Waals surface area contributed by atoms with Gasteiger partial charge in [-0.25, -0.2) is 0 Å². The lowest BCUT2D eigenvalue weighted by Gasteiger charge is -2.32. The number of likely N-dealkylation sites (N-methyl/N-ethyl adjacent to an activating group) is 1. The van der Waals surface area contributed by atoms with Gasteiger partial charge in [0.1, 0.15) is 0 Å². The van der Waals surface area contributed by atoms with Gasteiger partial charge in [0.15, 0.2) is 23.0 Å². The molecule has 0 saturated heterocycles. The van der Waals surface area contributed by atoms with E-state index in [9.17, 15) is 5.26 Å². The maximum atomic E-state index is 10.2. The minimum atomic E-state index is -0.580. The fourth-order valence-electron chi connectivity index (χ4n) is 4.23. The Bertz CT molecular complexity index is 945. The zero-order valence-electron chi connectivity index (χ0n) is 21.5. The Morgan fingerprint density at radius 2 is 1.41 bits per heavy atom. The molecule has 0 heterocycles. The first-order chi connectivity index (χ1) is 15.8. The third-order valence-electron chi connectivity index (χ3n) is 6.42. The van der Waals surface area contributed by atoms with Crippen LogP contribution in [0, 0.1) is 17.2 Å². The minimum Gasteiger partial charge on any atom is -1.00 e. The molecule has 0 bridgehead atoms. The van der Waals surface area contributed by atoms with Gasteiger partial charge in [0.05, 0.1) is 39.9 Å². The third kappa shape index (κ3) is 6.94. The van der Waals surface area contributed by atoms with Crippen LogP contribution >= 0.6 is 0 Å². The number of nitriles is 1. The summed E-state index contributed by atoms with van der Waals surface area (Å²) in [5, 5.41) is 10.2. The topological polar surface area (TPSA) is 64.0 Å². The van der Waals surface area contributed by atoms with Crippen molar-refractivity contribution < 1.29 is 31.4 Å². The molecule has 6 nitrogen and oxygen atoms in total. The van der Waals surface area contributed by atoms with E-state index in [1.807, 2.05) is 30.3 Å². The first-order valence-electron chi connectivity index (χ1n) is 11.4. The second-order valence-corrected chi connectivity index (χ2v) is 8.65. The summed E-state index contributed by atoms with van der Waals surface area (Å²) < 4.78 is 21.6. The van der Waals surface area contributed by atoms with Crippen LogP contribution in [0.15, 0.2) is 36.4 Å². The van der Waals surface area contributed by atoms with Crippen LogP contribution in [0.3, 0.4) is 0 Å². The molecular formula is C27H38ClN2O4-. The second kappa shape index (κ2) is 13.9. The summed E-state index contributed by atoms with van der Waals surface area (Å²) in [6.45, 7) is 6.06. The maximum absolute atomic E-state index is 10.2. The van der Waals surface area contributed by atoms with Crippen LogP contribution in [0.25, 0.3) is 0 Å². The monoisotopic (exact) mass is 489 g/mol. The number of hydrogen-bond acceptors (Lipinski definition) is 6.